The fourth-order valence-corrected chi connectivity index (χ4v) is 3.28. The van der Waals surface area contributed by atoms with Gasteiger partial charge < -0.3 is 10.3 Å². The van der Waals surface area contributed by atoms with Crippen LogP contribution in [0, 0.1) is 5.82 Å². The second-order valence-electron chi connectivity index (χ2n) is 7.10. The van der Waals surface area contributed by atoms with Crippen molar-refractivity contribution in [3.8, 4) is 0 Å². The van der Waals surface area contributed by atoms with Gasteiger partial charge in [-0.15, -0.1) is 0 Å². The van der Waals surface area contributed by atoms with Gasteiger partial charge in [-0.3, -0.25) is 4.79 Å². The van der Waals surface area contributed by atoms with Crippen LogP contribution in [-0.2, 0) is 11.0 Å². The zero-order valence-corrected chi connectivity index (χ0v) is 16.5. The Morgan fingerprint density at radius 1 is 0.969 bits per heavy atom. The summed E-state index contributed by atoms with van der Waals surface area (Å²) in [5.74, 6) is -1.87. The molecule has 8 heteroatoms. The summed E-state index contributed by atoms with van der Waals surface area (Å²) in [7, 11) is 0. The van der Waals surface area contributed by atoms with Crippen molar-refractivity contribution in [1.82, 2.24) is 15.3 Å². The average molecular weight is 439 g/mol. The molecule has 0 saturated carbocycles. The lowest BCUT2D eigenvalue weighted by Crippen LogP contribution is -2.27. The number of benzene rings is 3. The predicted molar refractivity (Wildman–Crippen MR) is 113 cm³/mol. The fourth-order valence-electron chi connectivity index (χ4n) is 3.28. The van der Waals surface area contributed by atoms with Crippen molar-refractivity contribution in [2.75, 3.05) is 0 Å². The summed E-state index contributed by atoms with van der Waals surface area (Å²) in [6.45, 7) is 0. The quantitative estimate of drug-likeness (QED) is 0.312. The zero-order chi connectivity index (χ0) is 22.7. The third kappa shape index (κ3) is 4.85. The molecule has 3 aromatic carbocycles. The minimum Gasteiger partial charge on any atom is -0.342 e. The smallest absolute Gasteiger partial charge is 0.342 e. The van der Waals surface area contributed by atoms with Gasteiger partial charge in [0.1, 0.15) is 5.82 Å². The topological polar surface area (TPSA) is 57.8 Å². The van der Waals surface area contributed by atoms with Gasteiger partial charge in [-0.05, 0) is 47.0 Å². The van der Waals surface area contributed by atoms with E-state index in [-0.39, 0.29) is 16.9 Å². The van der Waals surface area contributed by atoms with Crippen LogP contribution in [0.25, 0.3) is 17.1 Å². The fraction of sp³-hybridized carbons (Fsp3) is 0.0833. The van der Waals surface area contributed by atoms with E-state index in [1.165, 1.54) is 36.4 Å². The van der Waals surface area contributed by atoms with Gasteiger partial charge in [-0.2, -0.15) is 13.2 Å². The van der Waals surface area contributed by atoms with Crippen molar-refractivity contribution in [1.29, 1.82) is 0 Å². The molecule has 0 bridgehead atoms. The second-order valence-corrected chi connectivity index (χ2v) is 7.10. The second kappa shape index (κ2) is 8.66. The molecule has 0 fully saturated rings. The van der Waals surface area contributed by atoms with E-state index in [1.54, 1.807) is 30.3 Å². The molecule has 162 valence electrons. The molecule has 4 aromatic rings. The molecule has 0 radical (unpaired) electrons. The Balaban J connectivity index is 1.64. The first-order valence-corrected chi connectivity index (χ1v) is 9.65. The van der Waals surface area contributed by atoms with Crippen LogP contribution in [0.4, 0.5) is 17.6 Å². The number of carbonyl (C=O) groups is 1. The molecule has 1 atom stereocenters. The molecule has 32 heavy (non-hydrogen) atoms. The van der Waals surface area contributed by atoms with Crippen molar-refractivity contribution >= 4 is 23.0 Å². The summed E-state index contributed by atoms with van der Waals surface area (Å²) >= 11 is 0. The van der Waals surface area contributed by atoms with E-state index >= 15 is 0 Å². The van der Waals surface area contributed by atoms with E-state index in [0.717, 1.165) is 5.56 Å². The largest absolute Gasteiger partial charge is 0.449 e. The van der Waals surface area contributed by atoms with Crippen molar-refractivity contribution in [2.45, 2.75) is 12.2 Å². The van der Waals surface area contributed by atoms with Crippen LogP contribution in [0.15, 0.2) is 78.9 Å². The maximum absolute atomic E-state index is 13.0. The third-order valence-electron chi connectivity index (χ3n) is 4.82. The monoisotopic (exact) mass is 439 g/mol. The average Bonchev–Trinajstić information content (AvgIpc) is 3.22. The number of amides is 1. The summed E-state index contributed by atoms with van der Waals surface area (Å²) in [6.07, 6.45) is -1.72. The molecular formula is C24H17F4N3O. The number of imidazole rings is 1. The number of nitrogens with one attached hydrogen (secondary N) is 2. The number of alkyl halides is 3. The summed E-state index contributed by atoms with van der Waals surface area (Å²) in [5, 5.41) is 2.88. The standard InChI is InChI=1S/C24H17F4N3O/c25-18-10-6-15(7-11-18)8-13-21(32)31-22(16-4-2-1-3-5-16)17-9-12-19-20(14-17)30-23(29-19)24(26,27)28/h1-14,22H,(H,29,30)(H,31,32)/b13-8+. The van der Waals surface area contributed by atoms with Crippen LogP contribution in [0.5, 0.6) is 0 Å². The molecule has 1 amide bonds. The van der Waals surface area contributed by atoms with Gasteiger partial charge in [-0.25, -0.2) is 9.37 Å². The van der Waals surface area contributed by atoms with Crippen LogP contribution < -0.4 is 5.32 Å². The molecule has 0 aliphatic rings. The molecule has 4 rings (SSSR count). The normalized spacial score (nSPS) is 12.9. The molecule has 1 heterocycles. The highest BCUT2D eigenvalue weighted by Gasteiger charge is 2.34. The van der Waals surface area contributed by atoms with E-state index in [2.05, 4.69) is 15.3 Å². The summed E-state index contributed by atoms with van der Waals surface area (Å²) in [4.78, 5) is 18.5. The number of halogens is 4. The van der Waals surface area contributed by atoms with Gasteiger partial charge in [0, 0.05) is 6.08 Å². The van der Waals surface area contributed by atoms with E-state index in [4.69, 9.17) is 0 Å². The number of hydrogen-bond acceptors (Lipinski definition) is 2. The number of fused-ring (bicyclic) bond motifs is 1. The van der Waals surface area contributed by atoms with Crippen LogP contribution in [0.3, 0.4) is 0 Å². The number of H-pyrrole nitrogens is 1. The Labute approximate surface area is 180 Å². The molecule has 4 nitrogen and oxygen atoms in total. The Kier molecular flexibility index (Phi) is 5.77. The highest BCUT2D eigenvalue weighted by Crippen LogP contribution is 2.30. The Morgan fingerprint density at radius 3 is 2.38 bits per heavy atom. The minimum atomic E-state index is -4.59. The van der Waals surface area contributed by atoms with Crippen molar-refractivity contribution in [3.05, 3.63) is 107 Å². The molecule has 1 unspecified atom stereocenters. The van der Waals surface area contributed by atoms with E-state index in [0.29, 0.717) is 11.1 Å². The highest BCUT2D eigenvalue weighted by atomic mass is 19.4. The minimum absolute atomic E-state index is 0.176. The van der Waals surface area contributed by atoms with Gasteiger partial charge in [0.25, 0.3) is 0 Å². The SMILES string of the molecule is O=C(/C=C/c1ccc(F)cc1)NC(c1ccccc1)c1ccc2nc(C(F)(F)F)[nH]c2c1. The first-order valence-electron chi connectivity index (χ1n) is 9.65. The first-order chi connectivity index (χ1) is 15.3. The third-order valence-corrected chi connectivity index (χ3v) is 4.82. The Morgan fingerprint density at radius 2 is 1.69 bits per heavy atom. The first kappa shape index (κ1) is 21.3. The molecule has 0 spiro atoms. The number of aromatic nitrogens is 2. The number of rotatable bonds is 5. The van der Waals surface area contributed by atoms with Gasteiger partial charge >= 0.3 is 6.18 Å². The van der Waals surface area contributed by atoms with E-state index in [1.807, 2.05) is 18.2 Å². The number of carbonyl (C=O) groups excluding carboxylic acids is 1. The zero-order valence-electron chi connectivity index (χ0n) is 16.5. The van der Waals surface area contributed by atoms with Gasteiger partial charge in [0.05, 0.1) is 17.1 Å². The molecule has 0 aliphatic heterocycles. The number of hydrogen-bond donors (Lipinski definition) is 2. The maximum Gasteiger partial charge on any atom is 0.449 e. The van der Waals surface area contributed by atoms with E-state index < -0.39 is 23.9 Å². The van der Waals surface area contributed by atoms with Gasteiger partial charge in [-0.1, -0.05) is 48.5 Å². The molecule has 1 aromatic heterocycles. The van der Waals surface area contributed by atoms with Crippen LogP contribution in [-0.4, -0.2) is 15.9 Å². The lowest BCUT2D eigenvalue weighted by molar-refractivity contribution is -0.144. The van der Waals surface area contributed by atoms with Crippen molar-refractivity contribution in [2.24, 2.45) is 0 Å². The predicted octanol–water partition coefficient (Wildman–Crippen LogP) is 5.64. The Bertz CT molecular complexity index is 1260. The summed E-state index contributed by atoms with van der Waals surface area (Å²) < 4.78 is 52.0. The van der Waals surface area contributed by atoms with Gasteiger partial charge in [0.15, 0.2) is 0 Å². The van der Waals surface area contributed by atoms with Gasteiger partial charge in [0.2, 0.25) is 11.7 Å². The number of aromatic amines is 1. The Hall–Kier alpha value is -3.94. The van der Waals surface area contributed by atoms with Crippen LogP contribution in [0.1, 0.15) is 28.6 Å². The molecule has 0 saturated heterocycles. The van der Waals surface area contributed by atoms with Crippen LogP contribution >= 0.6 is 0 Å². The molecular weight excluding hydrogens is 422 g/mol. The molecule has 2 N–H and O–H groups in total. The lowest BCUT2D eigenvalue weighted by atomic mass is 9.98. The van der Waals surface area contributed by atoms with E-state index in [9.17, 15) is 22.4 Å². The molecule has 0 aliphatic carbocycles. The lowest BCUT2D eigenvalue weighted by Gasteiger charge is -2.19. The maximum atomic E-state index is 13.0. The highest BCUT2D eigenvalue weighted by molar-refractivity contribution is 5.92. The number of nitrogens with zero attached hydrogens (tertiary/aromatic N) is 1. The van der Waals surface area contributed by atoms with Crippen LogP contribution in [0.2, 0.25) is 0 Å². The summed E-state index contributed by atoms with van der Waals surface area (Å²) in [6, 6.07) is 18.8. The van der Waals surface area contributed by atoms with Crippen molar-refractivity contribution < 1.29 is 22.4 Å². The van der Waals surface area contributed by atoms with Crippen molar-refractivity contribution in [3.63, 3.8) is 0 Å². The summed E-state index contributed by atoms with van der Waals surface area (Å²) in [5.41, 5.74) is 2.38.